The molecular weight excluding hydrogens is 314 g/mol. The molecule has 0 bridgehead atoms. The third-order valence-corrected chi connectivity index (χ3v) is 3.54. The largest absolute Gasteiger partial charge is 0.378 e. The van der Waals surface area contributed by atoms with Gasteiger partial charge in [0.05, 0.1) is 36.2 Å². The number of amides is 1. The van der Waals surface area contributed by atoms with Gasteiger partial charge in [-0.3, -0.25) is 14.9 Å². The summed E-state index contributed by atoms with van der Waals surface area (Å²) in [5, 5.41) is 13.6. The number of nitro benzene ring substituents is 1. The Hall–Kier alpha value is -3.07. The third kappa shape index (κ3) is 3.46. The zero-order chi connectivity index (χ0) is 16.9. The van der Waals surface area contributed by atoms with E-state index < -0.39 is 10.8 Å². The lowest BCUT2D eigenvalue weighted by Crippen LogP contribution is -2.37. The van der Waals surface area contributed by atoms with E-state index in [0.29, 0.717) is 37.9 Å². The average molecular weight is 329 g/mol. The van der Waals surface area contributed by atoms with Crippen LogP contribution in [0.25, 0.3) is 0 Å². The summed E-state index contributed by atoms with van der Waals surface area (Å²) in [6, 6.07) is 5.76. The van der Waals surface area contributed by atoms with Crippen molar-refractivity contribution in [3.8, 4) is 0 Å². The van der Waals surface area contributed by atoms with Crippen LogP contribution in [0.1, 0.15) is 10.4 Å². The lowest BCUT2D eigenvalue weighted by atomic mass is 10.1. The van der Waals surface area contributed by atoms with Crippen LogP contribution in [0.15, 0.2) is 36.7 Å². The number of anilines is 2. The van der Waals surface area contributed by atoms with Gasteiger partial charge < -0.3 is 15.0 Å². The number of ether oxygens (including phenoxy) is 1. The molecule has 0 aliphatic carbocycles. The van der Waals surface area contributed by atoms with Crippen molar-refractivity contribution in [3.63, 3.8) is 0 Å². The molecule has 3 rings (SSSR count). The number of hydrogen-bond acceptors (Lipinski definition) is 7. The van der Waals surface area contributed by atoms with Crippen LogP contribution in [-0.2, 0) is 4.74 Å². The first-order valence-electron chi connectivity index (χ1n) is 7.34. The van der Waals surface area contributed by atoms with Gasteiger partial charge in [0.15, 0.2) is 0 Å². The molecule has 0 spiro atoms. The first-order chi connectivity index (χ1) is 11.6. The lowest BCUT2D eigenvalue weighted by Gasteiger charge is -2.26. The number of nitrogens with zero attached hydrogens (tertiary/aromatic N) is 4. The van der Waals surface area contributed by atoms with E-state index >= 15 is 0 Å². The highest BCUT2D eigenvalue weighted by molar-refractivity contribution is 6.06. The van der Waals surface area contributed by atoms with Crippen molar-refractivity contribution in [2.45, 2.75) is 0 Å². The van der Waals surface area contributed by atoms with Crippen molar-refractivity contribution in [3.05, 3.63) is 52.3 Å². The molecular formula is C15H15N5O4. The van der Waals surface area contributed by atoms with Crippen molar-refractivity contribution in [2.24, 2.45) is 0 Å². The number of hydrogen-bond donors (Lipinski definition) is 1. The highest BCUT2D eigenvalue weighted by Crippen LogP contribution is 2.19. The fourth-order valence-electron chi connectivity index (χ4n) is 2.34. The predicted octanol–water partition coefficient (Wildman–Crippen LogP) is 1.47. The molecule has 0 atom stereocenters. The first-order valence-corrected chi connectivity index (χ1v) is 7.34. The van der Waals surface area contributed by atoms with Crippen LogP contribution in [0.2, 0.25) is 0 Å². The molecule has 0 unspecified atom stereocenters. The van der Waals surface area contributed by atoms with E-state index in [4.69, 9.17) is 4.74 Å². The molecule has 1 aliphatic rings. The minimum Gasteiger partial charge on any atom is -0.378 e. The van der Waals surface area contributed by atoms with E-state index in [9.17, 15) is 14.9 Å². The lowest BCUT2D eigenvalue weighted by molar-refractivity contribution is -0.385. The minimum atomic E-state index is -0.590. The van der Waals surface area contributed by atoms with Gasteiger partial charge in [-0.2, -0.15) is 0 Å². The molecule has 24 heavy (non-hydrogen) atoms. The Morgan fingerprint density at radius 1 is 1.21 bits per heavy atom. The van der Waals surface area contributed by atoms with Crippen LogP contribution >= 0.6 is 0 Å². The van der Waals surface area contributed by atoms with Gasteiger partial charge in [-0.05, 0) is 6.07 Å². The molecule has 1 N–H and O–H groups in total. The number of aromatic nitrogens is 2. The standard InChI is InChI=1S/C15H15N5O4/c21-14(12-3-1-2-4-13(12)20(22)23)18-11-9-16-15(17-10-11)19-5-7-24-8-6-19/h1-4,9-10H,5-8H2,(H,18,21). The fourth-order valence-corrected chi connectivity index (χ4v) is 2.34. The number of para-hydroxylation sites is 1. The van der Waals surface area contributed by atoms with Gasteiger partial charge in [0.2, 0.25) is 5.95 Å². The quantitative estimate of drug-likeness (QED) is 0.668. The van der Waals surface area contributed by atoms with Crippen LogP contribution in [-0.4, -0.2) is 47.1 Å². The summed E-state index contributed by atoms with van der Waals surface area (Å²) < 4.78 is 5.27. The number of carbonyl (C=O) groups is 1. The Balaban J connectivity index is 1.72. The fraction of sp³-hybridized carbons (Fsp3) is 0.267. The molecule has 9 nitrogen and oxygen atoms in total. The highest BCUT2D eigenvalue weighted by atomic mass is 16.6. The average Bonchev–Trinajstić information content (AvgIpc) is 2.63. The molecule has 124 valence electrons. The number of morpholine rings is 1. The summed E-state index contributed by atoms with van der Waals surface area (Å²) in [7, 11) is 0. The second-order valence-electron chi connectivity index (χ2n) is 5.10. The van der Waals surface area contributed by atoms with E-state index in [1.54, 1.807) is 6.07 Å². The molecule has 1 aromatic carbocycles. The molecule has 1 amide bonds. The zero-order valence-electron chi connectivity index (χ0n) is 12.7. The number of nitro groups is 1. The van der Waals surface area contributed by atoms with Gasteiger partial charge in [0.1, 0.15) is 5.56 Å². The number of carbonyl (C=O) groups excluding carboxylic acids is 1. The van der Waals surface area contributed by atoms with E-state index in [0.717, 1.165) is 0 Å². The van der Waals surface area contributed by atoms with E-state index in [2.05, 4.69) is 15.3 Å². The van der Waals surface area contributed by atoms with Crippen LogP contribution < -0.4 is 10.2 Å². The third-order valence-electron chi connectivity index (χ3n) is 3.54. The molecule has 1 aliphatic heterocycles. The number of benzene rings is 1. The van der Waals surface area contributed by atoms with Crippen LogP contribution in [0.3, 0.4) is 0 Å². The minimum absolute atomic E-state index is 0.0141. The van der Waals surface area contributed by atoms with Gasteiger partial charge >= 0.3 is 0 Å². The van der Waals surface area contributed by atoms with E-state index in [1.165, 1.54) is 30.6 Å². The summed E-state index contributed by atoms with van der Waals surface area (Å²) in [5.41, 5.74) is 0.107. The zero-order valence-corrected chi connectivity index (χ0v) is 12.7. The second kappa shape index (κ2) is 7.01. The molecule has 0 saturated carbocycles. The molecule has 2 heterocycles. The van der Waals surface area contributed by atoms with Gasteiger partial charge in [-0.25, -0.2) is 9.97 Å². The molecule has 2 aromatic rings. The van der Waals surface area contributed by atoms with Gasteiger partial charge in [-0.1, -0.05) is 12.1 Å². The van der Waals surface area contributed by atoms with Gasteiger partial charge in [0.25, 0.3) is 11.6 Å². The van der Waals surface area contributed by atoms with Crippen molar-refractivity contribution in [1.82, 2.24) is 9.97 Å². The maximum atomic E-state index is 12.2. The summed E-state index contributed by atoms with van der Waals surface area (Å²) in [5.74, 6) is -0.0213. The Morgan fingerprint density at radius 2 is 1.88 bits per heavy atom. The Morgan fingerprint density at radius 3 is 2.54 bits per heavy atom. The first kappa shape index (κ1) is 15.8. The topological polar surface area (TPSA) is 110 Å². The Labute approximate surface area is 137 Å². The Bertz CT molecular complexity index is 744. The molecule has 9 heteroatoms. The summed E-state index contributed by atoms with van der Waals surface area (Å²) in [6.07, 6.45) is 2.95. The smallest absolute Gasteiger partial charge is 0.282 e. The molecule has 1 fully saturated rings. The highest BCUT2D eigenvalue weighted by Gasteiger charge is 2.19. The van der Waals surface area contributed by atoms with Crippen LogP contribution in [0.5, 0.6) is 0 Å². The van der Waals surface area contributed by atoms with Crippen molar-refractivity contribution < 1.29 is 14.5 Å². The second-order valence-corrected chi connectivity index (χ2v) is 5.10. The monoisotopic (exact) mass is 329 g/mol. The summed E-state index contributed by atoms with van der Waals surface area (Å²) in [4.78, 5) is 33.0. The van der Waals surface area contributed by atoms with Crippen molar-refractivity contribution >= 4 is 23.2 Å². The maximum Gasteiger partial charge on any atom is 0.282 e. The number of nitrogens with one attached hydrogen (secondary N) is 1. The van der Waals surface area contributed by atoms with Crippen molar-refractivity contribution in [1.29, 1.82) is 0 Å². The van der Waals surface area contributed by atoms with Crippen LogP contribution in [0, 0.1) is 10.1 Å². The predicted molar refractivity (Wildman–Crippen MR) is 86.1 cm³/mol. The van der Waals surface area contributed by atoms with Crippen molar-refractivity contribution in [2.75, 3.05) is 36.5 Å². The SMILES string of the molecule is O=C(Nc1cnc(N2CCOCC2)nc1)c1ccccc1[N+](=O)[O-]. The molecule has 0 radical (unpaired) electrons. The maximum absolute atomic E-state index is 12.2. The van der Waals surface area contributed by atoms with Gasteiger partial charge in [-0.15, -0.1) is 0 Å². The van der Waals surface area contributed by atoms with Gasteiger partial charge in [0, 0.05) is 19.2 Å². The molecule has 1 aromatic heterocycles. The van der Waals surface area contributed by atoms with E-state index in [-0.39, 0.29) is 11.3 Å². The normalized spacial score (nSPS) is 14.2. The summed E-state index contributed by atoms with van der Waals surface area (Å²) in [6.45, 7) is 2.67. The summed E-state index contributed by atoms with van der Waals surface area (Å²) >= 11 is 0. The van der Waals surface area contributed by atoms with E-state index in [1.807, 2.05) is 4.90 Å². The molecule has 1 saturated heterocycles. The Kier molecular flexibility index (Phi) is 4.62. The number of rotatable bonds is 4. The van der Waals surface area contributed by atoms with Crippen LogP contribution in [0.4, 0.5) is 17.3 Å².